The van der Waals surface area contributed by atoms with E-state index in [9.17, 15) is 14.9 Å². The van der Waals surface area contributed by atoms with Crippen LogP contribution in [0.2, 0.25) is 0 Å². The standard InChI is InChI=1S/C18H22N2O4/c1-12-5-4-8-18(10-12,23-3)17(22)20-16-7-6-15(24-13(2)21)9-14(16)11-19/h6-7,9,12H,4-5,8,10H2,1-3H3,(H,20,22)/t12-,18+/m0/s1. The summed E-state index contributed by atoms with van der Waals surface area (Å²) in [5.41, 5.74) is -0.246. The summed E-state index contributed by atoms with van der Waals surface area (Å²) in [5.74, 6) is -0.0329. The van der Waals surface area contributed by atoms with E-state index in [0.29, 0.717) is 24.4 Å². The number of methoxy groups -OCH3 is 1. The summed E-state index contributed by atoms with van der Waals surface area (Å²) in [6, 6.07) is 6.54. The molecule has 0 heterocycles. The molecule has 1 aromatic carbocycles. The zero-order valence-corrected chi connectivity index (χ0v) is 14.2. The van der Waals surface area contributed by atoms with Gasteiger partial charge in [0.25, 0.3) is 5.91 Å². The summed E-state index contributed by atoms with van der Waals surface area (Å²) >= 11 is 0. The lowest BCUT2D eigenvalue weighted by Gasteiger charge is -2.37. The first kappa shape index (κ1) is 18.0. The molecule has 24 heavy (non-hydrogen) atoms. The highest BCUT2D eigenvalue weighted by Crippen LogP contribution is 2.36. The Morgan fingerprint density at radius 2 is 2.17 bits per heavy atom. The van der Waals surface area contributed by atoms with Gasteiger partial charge in [0.05, 0.1) is 11.3 Å². The van der Waals surface area contributed by atoms with Gasteiger partial charge in [-0.3, -0.25) is 9.59 Å². The summed E-state index contributed by atoms with van der Waals surface area (Å²) in [6.45, 7) is 3.39. The number of amides is 1. The summed E-state index contributed by atoms with van der Waals surface area (Å²) in [4.78, 5) is 23.8. The maximum atomic E-state index is 12.8. The molecule has 0 radical (unpaired) electrons. The molecule has 1 aliphatic carbocycles. The van der Waals surface area contributed by atoms with E-state index in [0.717, 1.165) is 12.8 Å². The predicted octanol–water partition coefficient (Wildman–Crippen LogP) is 3.02. The van der Waals surface area contributed by atoms with Crippen LogP contribution in [0.25, 0.3) is 0 Å². The number of esters is 1. The molecule has 128 valence electrons. The molecule has 1 aromatic rings. The van der Waals surface area contributed by atoms with E-state index in [2.05, 4.69) is 12.2 Å². The van der Waals surface area contributed by atoms with E-state index < -0.39 is 11.6 Å². The van der Waals surface area contributed by atoms with Crippen molar-refractivity contribution in [3.05, 3.63) is 23.8 Å². The molecule has 0 aliphatic heterocycles. The molecule has 6 heteroatoms. The number of nitrogens with one attached hydrogen (secondary N) is 1. The van der Waals surface area contributed by atoms with Gasteiger partial charge in [-0.2, -0.15) is 5.26 Å². The second-order valence-electron chi connectivity index (χ2n) is 6.27. The Morgan fingerprint density at radius 1 is 1.42 bits per heavy atom. The van der Waals surface area contributed by atoms with Crippen molar-refractivity contribution in [2.75, 3.05) is 12.4 Å². The molecular formula is C18H22N2O4. The largest absolute Gasteiger partial charge is 0.427 e. The van der Waals surface area contributed by atoms with Crippen LogP contribution in [0.1, 0.15) is 45.1 Å². The van der Waals surface area contributed by atoms with Gasteiger partial charge < -0.3 is 14.8 Å². The van der Waals surface area contributed by atoms with Gasteiger partial charge in [0.1, 0.15) is 17.4 Å². The van der Waals surface area contributed by atoms with Gasteiger partial charge in [-0.1, -0.05) is 13.3 Å². The van der Waals surface area contributed by atoms with Crippen LogP contribution >= 0.6 is 0 Å². The lowest BCUT2D eigenvalue weighted by molar-refractivity contribution is -0.143. The lowest BCUT2D eigenvalue weighted by Crippen LogP contribution is -2.48. The molecule has 0 spiro atoms. The smallest absolute Gasteiger partial charge is 0.308 e. The first-order valence-corrected chi connectivity index (χ1v) is 7.99. The van der Waals surface area contributed by atoms with Gasteiger partial charge in [-0.05, 0) is 37.3 Å². The number of hydrogen-bond acceptors (Lipinski definition) is 5. The van der Waals surface area contributed by atoms with Crippen LogP contribution in [-0.2, 0) is 14.3 Å². The average Bonchev–Trinajstić information content (AvgIpc) is 2.55. The van der Waals surface area contributed by atoms with Crippen LogP contribution in [0.5, 0.6) is 5.75 Å². The SMILES string of the molecule is CO[C@]1(C(=O)Nc2ccc(OC(C)=O)cc2C#N)CCC[C@H](C)C1. The minimum atomic E-state index is -0.862. The molecule has 2 atom stereocenters. The number of nitriles is 1. The van der Waals surface area contributed by atoms with Crippen molar-refractivity contribution < 1.29 is 19.1 Å². The Bertz CT molecular complexity index is 680. The summed E-state index contributed by atoms with van der Waals surface area (Å²) in [7, 11) is 1.55. The van der Waals surface area contributed by atoms with Crippen LogP contribution in [0.3, 0.4) is 0 Å². The van der Waals surface area contributed by atoms with Crippen LogP contribution in [0, 0.1) is 17.2 Å². The molecule has 1 N–H and O–H groups in total. The van der Waals surface area contributed by atoms with Crippen molar-refractivity contribution in [3.63, 3.8) is 0 Å². The Hall–Kier alpha value is -2.39. The number of ether oxygens (including phenoxy) is 2. The first-order chi connectivity index (χ1) is 11.4. The quantitative estimate of drug-likeness (QED) is 0.677. The lowest BCUT2D eigenvalue weighted by atomic mass is 9.78. The topological polar surface area (TPSA) is 88.4 Å². The van der Waals surface area contributed by atoms with Crippen LogP contribution in [0.15, 0.2) is 18.2 Å². The molecule has 6 nitrogen and oxygen atoms in total. The number of benzene rings is 1. The molecule has 2 rings (SSSR count). The van der Waals surface area contributed by atoms with Crippen molar-refractivity contribution in [2.45, 2.75) is 45.1 Å². The second-order valence-corrected chi connectivity index (χ2v) is 6.27. The number of hydrogen-bond donors (Lipinski definition) is 1. The summed E-state index contributed by atoms with van der Waals surface area (Å²) in [5, 5.41) is 12.1. The molecule has 0 unspecified atom stereocenters. The van der Waals surface area contributed by atoms with Crippen LogP contribution in [0.4, 0.5) is 5.69 Å². The third-order valence-electron chi connectivity index (χ3n) is 4.38. The monoisotopic (exact) mass is 330 g/mol. The Morgan fingerprint density at radius 3 is 2.75 bits per heavy atom. The van der Waals surface area contributed by atoms with E-state index in [1.165, 1.54) is 13.0 Å². The summed E-state index contributed by atoms with van der Waals surface area (Å²) < 4.78 is 10.5. The van der Waals surface area contributed by atoms with Gasteiger partial charge >= 0.3 is 5.97 Å². The van der Waals surface area contributed by atoms with Gasteiger partial charge in [0.15, 0.2) is 0 Å². The van der Waals surface area contributed by atoms with Gasteiger partial charge in [-0.15, -0.1) is 0 Å². The number of carbonyl (C=O) groups excluding carboxylic acids is 2. The minimum absolute atomic E-state index is 0.234. The van der Waals surface area contributed by atoms with E-state index in [-0.39, 0.29) is 17.2 Å². The van der Waals surface area contributed by atoms with E-state index in [1.54, 1.807) is 19.2 Å². The molecule has 1 amide bonds. The third kappa shape index (κ3) is 3.92. The second kappa shape index (κ2) is 7.45. The van der Waals surface area contributed by atoms with Crippen molar-refractivity contribution in [1.29, 1.82) is 5.26 Å². The highest BCUT2D eigenvalue weighted by molar-refractivity contribution is 5.98. The fraction of sp³-hybridized carbons (Fsp3) is 0.500. The van der Waals surface area contributed by atoms with Crippen LogP contribution in [-0.4, -0.2) is 24.6 Å². The number of carbonyl (C=O) groups is 2. The maximum Gasteiger partial charge on any atom is 0.308 e. The molecule has 0 aromatic heterocycles. The molecule has 1 saturated carbocycles. The van der Waals surface area contributed by atoms with Crippen molar-refractivity contribution in [2.24, 2.45) is 5.92 Å². The van der Waals surface area contributed by atoms with Crippen molar-refractivity contribution in [1.82, 2.24) is 0 Å². The first-order valence-electron chi connectivity index (χ1n) is 7.99. The van der Waals surface area contributed by atoms with E-state index >= 15 is 0 Å². The zero-order chi connectivity index (χ0) is 17.7. The van der Waals surface area contributed by atoms with E-state index in [1.807, 2.05) is 6.07 Å². The normalized spacial score (nSPS) is 23.2. The Labute approximate surface area is 141 Å². The maximum absolute atomic E-state index is 12.8. The highest BCUT2D eigenvalue weighted by atomic mass is 16.5. The number of nitrogens with zero attached hydrogens (tertiary/aromatic N) is 1. The fourth-order valence-electron chi connectivity index (χ4n) is 3.18. The zero-order valence-electron chi connectivity index (χ0n) is 14.2. The molecule has 1 aliphatic rings. The third-order valence-corrected chi connectivity index (χ3v) is 4.38. The van der Waals surface area contributed by atoms with Gasteiger partial charge in [-0.25, -0.2) is 0 Å². The minimum Gasteiger partial charge on any atom is -0.427 e. The highest BCUT2D eigenvalue weighted by Gasteiger charge is 2.42. The molecule has 0 saturated heterocycles. The summed E-state index contributed by atoms with van der Waals surface area (Å²) in [6.07, 6.45) is 3.33. The van der Waals surface area contributed by atoms with Crippen LogP contribution < -0.4 is 10.1 Å². The number of rotatable bonds is 4. The predicted molar refractivity (Wildman–Crippen MR) is 88.5 cm³/mol. The van der Waals surface area contributed by atoms with Gasteiger partial charge in [0, 0.05) is 20.1 Å². The molecule has 1 fully saturated rings. The fourth-order valence-corrected chi connectivity index (χ4v) is 3.18. The van der Waals surface area contributed by atoms with Crippen molar-refractivity contribution in [3.8, 4) is 11.8 Å². The average molecular weight is 330 g/mol. The van der Waals surface area contributed by atoms with Gasteiger partial charge in [0.2, 0.25) is 0 Å². The Kier molecular flexibility index (Phi) is 5.58. The molecule has 0 bridgehead atoms. The van der Waals surface area contributed by atoms with E-state index in [4.69, 9.17) is 9.47 Å². The Balaban J connectivity index is 2.21. The van der Waals surface area contributed by atoms with Crippen molar-refractivity contribution >= 4 is 17.6 Å². The number of anilines is 1. The molecular weight excluding hydrogens is 308 g/mol.